The van der Waals surface area contributed by atoms with Gasteiger partial charge >= 0.3 is 6.03 Å². The van der Waals surface area contributed by atoms with E-state index >= 15 is 0 Å². The fraction of sp³-hybridized carbons (Fsp3) is 0.357. The number of para-hydroxylation sites is 1. The molecular weight excluding hydrogens is 516 g/mol. The monoisotopic (exact) mass is 546 g/mol. The molecule has 4 heterocycles. The first kappa shape index (κ1) is 25.4. The number of rotatable bonds is 7. The maximum atomic E-state index is 13.5. The second-order valence-electron chi connectivity index (χ2n) is 10.0. The Morgan fingerprint density at radius 3 is 2.64 bits per heavy atom. The van der Waals surface area contributed by atoms with Crippen LogP contribution in [0.3, 0.4) is 0 Å². The van der Waals surface area contributed by atoms with E-state index in [1.54, 1.807) is 17.2 Å². The molecule has 202 valence electrons. The van der Waals surface area contributed by atoms with Gasteiger partial charge in [-0.3, -0.25) is 14.5 Å². The summed E-state index contributed by atoms with van der Waals surface area (Å²) >= 11 is 1.46. The first-order chi connectivity index (χ1) is 19.0. The van der Waals surface area contributed by atoms with Crippen LogP contribution in [0, 0.1) is 5.92 Å². The topological polar surface area (TPSA) is 125 Å². The first-order valence-corrected chi connectivity index (χ1v) is 14.1. The summed E-state index contributed by atoms with van der Waals surface area (Å²) in [6, 6.07) is 12.3. The van der Waals surface area contributed by atoms with Crippen molar-refractivity contribution in [1.29, 1.82) is 0 Å². The zero-order valence-electron chi connectivity index (χ0n) is 21.3. The lowest BCUT2D eigenvalue weighted by atomic mass is 9.86. The molecule has 11 heteroatoms. The van der Waals surface area contributed by atoms with Crippen LogP contribution in [0.5, 0.6) is 11.6 Å². The van der Waals surface area contributed by atoms with E-state index in [1.165, 1.54) is 17.8 Å². The van der Waals surface area contributed by atoms with Crippen molar-refractivity contribution in [3.05, 3.63) is 71.9 Å². The average molecular weight is 547 g/mol. The Kier molecular flexibility index (Phi) is 7.01. The van der Waals surface area contributed by atoms with Gasteiger partial charge in [0.25, 0.3) is 5.91 Å². The van der Waals surface area contributed by atoms with Gasteiger partial charge < -0.3 is 26.0 Å². The van der Waals surface area contributed by atoms with E-state index < -0.39 is 0 Å². The SMILES string of the molecule is C=CC(=O)N[C@H]1CCC[C@H]1NC(=O)C1=C2NC(=O)N(c3ccc(Oc4ccccc4)nc3)C3CCNC(S1)C23. The standard InChI is InChI=1S/C28H30N6O4S/c1-2-21(35)31-18-9-6-10-19(18)32-26(36)25-24-23-20(13-14-29-27(23)39-25)34(28(37)33-24)16-11-12-22(30-15-16)38-17-7-4-3-5-8-17/h2-5,7-8,11-12,15,18-20,23,27,29H,1,6,9-10,13-14H2,(H,31,35)(H,32,36)(H,33,37)/t18-,19+,20?,23?,27?/m0/s1. The van der Waals surface area contributed by atoms with Gasteiger partial charge in [-0.2, -0.15) is 0 Å². The van der Waals surface area contributed by atoms with Crippen LogP contribution in [0.15, 0.2) is 71.9 Å². The number of thioether (sulfide) groups is 1. The predicted octanol–water partition coefficient (Wildman–Crippen LogP) is 3.01. The summed E-state index contributed by atoms with van der Waals surface area (Å²) in [6.07, 6.45) is 6.13. The molecule has 4 N–H and O–H groups in total. The summed E-state index contributed by atoms with van der Waals surface area (Å²) in [5.74, 6) is 0.598. The number of carbonyl (C=O) groups is 3. The number of ether oxygens (including phenoxy) is 1. The smallest absolute Gasteiger partial charge is 0.326 e. The maximum Gasteiger partial charge on any atom is 0.326 e. The molecule has 3 unspecified atom stereocenters. The van der Waals surface area contributed by atoms with Gasteiger partial charge in [0, 0.05) is 29.8 Å². The third kappa shape index (κ3) is 4.99. The van der Waals surface area contributed by atoms with Gasteiger partial charge in [-0.15, -0.1) is 0 Å². The van der Waals surface area contributed by atoms with Crippen LogP contribution in [0.4, 0.5) is 10.5 Å². The summed E-state index contributed by atoms with van der Waals surface area (Å²) in [7, 11) is 0. The Morgan fingerprint density at radius 1 is 1.10 bits per heavy atom. The number of carbonyl (C=O) groups excluding carboxylic acids is 3. The van der Waals surface area contributed by atoms with Crippen LogP contribution >= 0.6 is 11.8 Å². The zero-order valence-corrected chi connectivity index (χ0v) is 22.1. The highest BCUT2D eigenvalue weighted by atomic mass is 32.2. The number of piperidine rings is 1. The molecule has 1 saturated carbocycles. The number of benzene rings is 1. The third-order valence-electron chi connectivity index (χ3n) is 7.66. The summed E-state index contributed by atoms with van der Waals surface area (Å²) in [5.41, 5.74) is 1.34. The minimum absolute atomic E-state index is 0.0314. The highest BCUT2D eigenvalue weighted by Gasteiger charge is 2.52. The number of nitrogens with zero attached hydrogens (tertiary/aromatic N) is 2. The van der Waals surface area contributed by atoms with Crippen LogP contribution in [-0.4, -0.2) is 52.9 Å². The van der Waals surface area contributed by atoms with Crippen molar-refractivity contribution in [2.75, 3.05) is 11.4 Å². The van der Waals surface area contributed by atoms with Crippen LogP contribution in [0.25, 0.3) is 0 Å². The average Bonchev–Trinajstić information content (AvgIpc) is 3.54. The molecule has 1 aromatic heterocycles. The molecule has 3 fully saturated rings. The van der Waals surface area contributed by atoms with Gasteiger partial charge in [0.05, 0.1) is 28.2 Å². The lowest BCUT2D eigenvalue weighted by Gasteiger charge is -2.45. The van der Waals surface area contributed by atoms with Crippen molar-refractivity contribution in [2.24, 2.45) is 5.92 Å². The molecular formula is C28H30N6O4S. The molecule has 10 nitrogen and oxygen atoms in total. The van der Waals surface area contributed by atoms with Crippen LogP contribution in [0.2, 0.25) is 0 Å². The van der Waals surface area contributed by atoms with E-state index in [0.717, 1.165) is 32.2 Å². The second-order valence-corrected chi connectivity index (χ2v) is 11.2. The molecule has 1 aliphatic carbocycles. The van der Waals surface area contributed by atoms with Crippen molar-refractivity contribution >= 4 is 35.3 Å². The van der Waals surface area contributed by atoms with Crippen LogP contribution in [0.1, 0.15) is 25.7 Å². The van der Waals surface area contributed by atoms with Crippen molar-refractivity contribution in [3.8, 4) is 11.6 Å². The molecule has 6 rings (SSSR count). The van der Waals surface area contributed by atoms with E-state index in [9.17, 15) is 14.4 Å². The molecule has 0 bridgehead atoms. The minimum atomic E-state index is -0.282. The number of hydrogen-bond donors (Lipinski definition) is 4. The van der Waals surface area contributed by atoms with E-state index in [0.29, 0.717) is 27.9 Å². The number of pyridine rings is 1. The molecule has 2 saturated heterocycles. The normalized spacial score (nSPS) is 27.4. The predicted molar refractivity (Wildman–Crippen MR) is 148 cm³/mol. The van der Waals surface area contributed by atoms with Crippen molar-refractivity contribution in [3.63, 3.8) is 0 Å². The number of nitrogens with one attached hydrogen (secondary N) is 4. The molecule has 3 aliphatic heterocycles. The Hall–Kier alpha value is -3.83. The first-order valence-electron chi connectivity index (χ1n) is 13.2. The van der Waals surface area contributed by atoms with Gasteiger partial charge in [0.15, 0.2) is 0 Å². The highest BCUT2D eigenvalue weighted by molar-refractivity contribution is 8.04. The zero-order chi connectivity index (χ0) is 26.9. The summed E-state index contributed by atoms with van der Waals surface area (Å²) in [4.78, 5) is 45.4. The molecule has 4 aliphatic rings. The van der Waals surface area contributed by atoms with Crippen molar-refractivity contribution < 1.29 is 19.1 Å². The molecule has 0 radical (unpaired) electrons. The van der Waals surface area contributed by atoms with E-state index in [2.05, 4.69) is 32.8 Å². The Morgan fingerprint density at radius 2 is 1.90 bits per heavy atom. The van der Waals surface area contributed by atoms with Gasteiger partial charge in [0.2, 0.25) is 11.8 Å². The number of hydrogen-bond acceptors (Lipinski definition) is 7. The second kappa shape index (κ2) is 10.7. The van der Waals surface area contributed by atoms with Gasteiger partial charge in [-0.1, -0.05) is 36.5 Å². The summed E-state index contributed by atoms with van der Waals surface area (Å²) in [5, 5.41) is 12.5. The fourth-order valence-corrected chi connectivity index (χ4v) is 7.29. The Labute approximate surface area is 230 Å². The Balaban J connectivity index is 1.20. The van der Waals surface area contributed by atoms with Gasteiger partial charge in [0.1, 0.15) is 5.75 Å². The number of amides is 4. The van der Waals surface area contributed by atoms with Gasteiger partial charge in [-0.25, -0.2) is 9.78 Å². The molecule has 0 spiro atoms. The quantitative estimate of drug-likeness (QED) is 0.394. The molecule has 5 atom stereocenters. The maximum absolute atomic E-state index is 13.5. The van der Waals surface area contributed by atoms with E-state index in [-0.39, 0.29) is 47.3 Å². The Bertz CT molecular complexity index is 1320. The lowest BCUT2D eigenvalue weighted by molar-refractivity contribution is -0.119. The minimum Gasteiger partial charge on any atom is -0.439 e. The van der Waals surface area contributed by atoms with Crippen molar-refractivity contribution in [1.82, 2.24) is 26.3 Å². The largest absolute Gasteiger partial charge is 0.439 e. The van der Waals surface area contributed by atoms with E-state index in [4.69, 9.17) is 4.74 Å². The van der Waals surface area contributed by atoms with Crippen molar-refractivity contribution in [2.45, 2.75) is 49.2 Å². The number of urea groups is 1. The molecule has 4 amide bonds. The summed E-state index contributed by atoms with van der Waals surface area (Å²) in [6.45, 7) is 4.24. The third-order valence-corrected chi connectivity index (χ3v) is 9.01. The summed E-state index contributed by atoms with van der Waals surface area (Å²) < 4.78 is 5.80. The molecule has 1 aromatic carbocycles. The highest BCUT2D eigenvalue weighted by Crippen LogP contribution is 2.48. The number of anilines is 1. The van der Waals surface area contributed by atoms with Gasteiger partial charge in [-0.05, 0) is 56.5 Å². The van der Waals surface area contributed by atoms with Crippen LogP contribution in [-0.2, 0) is 9.59 Å². The van der Waals surface area contributed by atoms with Crippen LogP contribution < -0.4 is 30.9 Å². The molecule has 39 heavy (non-hydrogen) atoms. The fourth-order valence-electron chi connectivity index (χ4n) is 5.89. The van der Waals surface area contributed by atoms with E-state index in [1.807, 2.05) is 36.4 Å². The molecule has 2 aromatic rings. The lowest BCUT2D eigenvalue weighted by Crippen LogP contribution is -2.62. The number of aromatic nitrogens is 1.